The van der Waals surface area contributed by atoms with E-state index in [0.717, 1.165) is 26.1 Å². The number of hydrogen-bond donors (Lipinski definition) is 0. The van der Waals surface area contributed by atoms with Crippen molar-refractivity contribution >= 4 is 11.7 Å². The summed E-state index contributed by atoms with van der Waals surface area (Å²) in [7, 11) is 1.83. The van der Waals surface area contributed by atoms with Gasteiger partial charge in [0.1, 0.15) is 5.78 Å². The normalized spacial score (nSPS) is 18.3. The Bertz CT molecular complexity index is 241. The molecule has 15 heavy (non-hydrogen) atoms. The van der Waals surface area contributed by atoms with Crippen molar-refractivity contribution in [2.45, 2.75) is 26.2 Å². The topological polar surface area (TPSA) is 40.6 Å². The van der Waals surface area contributed by atoms with E-state index in [4.69, 9.17) is 0 Å². The van der Waals surface area contributed by atoms with Gasteiger partial charge in [-0.1, -0.05) is 6.92 Å². The standard InChI is InChI=1S/C11H20N2O2/c1-3-10(14)5-4-6-13-8-7-12(2)11(15)9-13/h3-9H2,1-2H3. The maximum Gasteiger partial charge on any atom is 0.236 e. The fraction of sp³-hybridized carbons (Fsp3) is 0.818. The Morgan fingerprint density at radius 1 is 1.40 bits per heavy atom. The van der Waals surface area contributed by atoms with Crippen LogP contribution in [0.5, 0.6) is 0 Å². The van der Waals surface area contributed by atoms with Crippen LogP contribution in [0.25, 0.3) is 0 Å². The third-order valence-electron chi connectivity index (χ3n) is 2.86. The summed E-state index contributed by atoms with van der Waals surface area (Å²) in [5, 5.41) is 0. The molecule has 0 aromatic heterocycles. The van der Waals surface area contributed by atoms with E-state index < -0.39 is 0 Å². The Morgan fingerprint density at radius 2 is 2.13 bits per heavy atom. The van der Waals surface area contributed by atoms with Gasteiger partial charge < -0.3 is 4.90 Å². The molecule has 0 unspecified atom stereocenters. The second-order valence-electron chi connectivity index (χ2n) is 4.09. The molecule has 0 saturated carbocycles. The van der Waals surface area contributed by atoms with Crippen molar-refractivity contribution in [1.29, 1.82) is 0 Å². The van der Waals surface area contributed by atoms with Crippen molar-refractivity contribution in [2.24, 2.45) is 0 Å². The Hall–Kier alpha value is -0.900. The third-order valence-corrected chi connectivity index (χ3v) is 2.86. The summed E-state index contributed by atoms with van der Waals surface area (Å²) in [6, 6.07) is 0. The summed E-state index contributed by atoms with van der Waals surface area (Å²) >= 11 is 0. The number of carbonyl (C=O) groups is 2. The van der Waals surface area contributed by atoms with Gasteiger partial charge in [0, 0.05) is 33.0 Å². The first-order valence-corrected chi connectivity index (χ1v) is 5.61. The number of amides is 1. The number of hydrogen-bond acceptors (Lipinski definition) is 3. The molecule has 4 nitrogen and oxygen atoms in total. The first-order valence-electron chi connectivity index (χ1n) is 5.61. The lowest BCUT2D eigenvalue weighted by atomic mass is 10.1. The molecule has 0 aromatic carbocycles. The van der Waals surface area contributed by atoms with Crippen LogP contribution in [0.2, 0.25) is 0 Å². The summed E-state index contributed by atoms with van der Waals surface area (Å²) < 4.78 is 0. The zero-order valence-corrected chi connectivity index (χ0v) is 9.66. The first-order chi connectivity index (χ1) is 7.13. The van der Waals surface area contributed by atoms with Crippen LogP contribution in [0, 0.1) is 0 Å². The largest absolute Gasteiger partial charge is 0.343 e. The van der Waals surface area contributed by atoms with Crippen LogP contribution in [-0.4, -0.2) is 54.7 Å². The van der Waals surface area contributed by atoms with E-state index >= 15 is 0 Å². The summed E-state index contributed by atoms with van der Waals surface area (Å²) in [5.41, 5.74) is 0. The van der Waals surface area contributed by atoms with Crippen molar-refractivity contribution < 1.29 is 9.59 Å². The van der Waals surface area contributed by atoms with Gasteiger partial charge in [0.25, 0.3) is 0 Å². The van der Waals surface area contributed by atoms with Crippen LogP contribution in [0.15, 0.2) is 0 Å². The summed E-state index contributed by atoms with van der Waals surface area (Å²) in [5.74, 6) is 0.499. The van der Waals surface area contributed by atoms with E-state index in [2.05, 4.69) is 4.90 Å². The number of rotatable bonds is 5. The molecule has 0 radical (unpaired) electrons. The SMILES string of the molecule is CCC(=O)CCCN1CCN(C)C(=O)C1. The Morgan fingerprint density at radius 3 is 2.73 bits per heavy atom. The van der Waals surface area contributed by atoms with Crippen LogP contribution >= 0.6 is 0 Å². The smallest absolute Gasteiger partial charge is 0.236 e. The van der Waals surface area contributed by atoms with Crippen LogP contribution < -0.4 is 0 Å². The average Bonchev–Trinajstić information content (AvgIpc) is 2.23. The second kappa shape index (κ2) is 5.85. The molecule has 1 heterocycles. The first kappa shape index (κ1) is 12.2. The molecule has 0 bridgehead atoms. The third kappa shape index (κ3) is 4.00. The monoisotopic (exact) mass is 212 g/mol. The van der Waals surface area contributed by atoms with E-state index in [1.54, 1.807) is 4.90 Å². The van der Waals surface area contributed by atoms with E-state index in [9.17, 15) is 9.59 Å². The quantitative estimate of drug-likeness (QED) is 0.667. The maximum absolute atomic E-state index is 11.4. The molecule has 1 saturated heterocycles. The number of carbonyl (C=O) groups excluding carboxylic acids is 2. The maximum atomic E-state index is 11.4. The van der Waals surface area contributed by atoms with Crippen molar-refractivity contribution in [3.63, 3.8) is 0 Å². The number of nitrogens with zero attached hydrogens (tertiary/aromatic N) is 2. The van der Waals surface area contributed by atoms with Gasteiger partial charge in [-0.25, -0.2) is 0 Å². The molecule has 86 valence electrons. The molecular formula is C11H20N2O2. The Labute approximate surface area is 91.2 Å². The van der Waals surface area contributed by atoms with Crippen molar-refractivity contribution in [1.82, 2.24) is 9.80 Å². The van der Waals surface area contributed by atoms with Crippen molar-refractivity contribution in [2.75, 3.05) is 33.2 Å². The summed E-state index contributed by atoms with van der Waals surface area (Å²) in [6.07, 6.45) is 2.16. The predicted molar refractivity (Wildman–Crippen MR) is 58.6 cm³/mol. The lowest BCUT2D eigenvalue weighted by Crippen LogP contribution is -2.48. The van der Waals surface area contributed by atoms with Gasteiger partial charge in [0.2, 0.25) is 5.91 Å². The number of Topliss-reactive ketones (excluding diaryl/α,β-unsaturated/α-hetero) is 1. The molecular weight excluding hydrogens is 192 g/mol. The van der Waals surface area contributed by atoms with E-state index in [1.165, 1.54) is 0 Å². The Balaban J connectivity index is 2.17. The van der Waals surface area contributed by atoms with Gasteiger partial charge in [0.05, 0.1) is 6.54 Å². The lowest BCUT2D eigenvalue weighted by Gasteiger charge is -2.31. The molecule has 4 heteroatoms. The molecule has 1 rings (SSSR count). The molecule has 0 spiro atoms. The minimum Gasteiger partial charge on any atom is -0.343 e. The zero-order valence-electron chi connectivity index (χ0n) is 9.66. The molecule has 0 aromatic rings. The molecule has 0 atom stereocenters. The second-order valence-corrected chi connectivity index (χ2v) is 4.09. The highest BCUT2D eigenvalue weighted by Crippen LogP contribution is 2.03. The van der Waals surface area contributed by atoms with E-state index in [1.807, 2.05) is 14.0 Å². The fourth-order valence-electron chi connectivity index (χ4n) is 1.67. The van der Waals surface area contributed by atoms with Gasteiger partial charge in [-0.2, -0.15) is 0 Å². The van der Waals surface area contributed by atoms with Crippen LogP contribution in [0.4, 0.5) is 0 Å². The minimum atomic E-state index is 0.183. The molecule has 1 amide bonds. The van der Waals surface area contributed by atoms with Crippen molar-refractivity contribution in [3.05, 3.63) is 0 Å². The number of ketones is 1. The number of likely N-dealkylation sites (N-methyl/N-ethyl adjacent to an activating group) is 1. The predicted octanol–water partition coefficient (Wildman–Crippen LogP) is 0.520. The van der Waals surface area contributed by atoms with Gasteiger partial charge in [-0.3, -0.25) is 14.5 Å². The van der Waals surface area contributed by atoms with Gasteiger partial charge >= 0.3 is 0 Å². The van der Waals surface area contributed by atoms with Crippen LogP contribution in [-0.2, 0) is 9.59 Å². The van der Waals surface area contributed by atoms with Gasteiger partial charge in [0.15, 0.2) is 0 Å². The fourth-order valence-corrected chi connectivity index (χ4v) is 1.67. The van der Waals surface area contributed by atoms with Gasteiger partial charge in [-0.05, 0) is 13.0 Å². The molecule has 1 aliphatic rings. The summed E-state index contributed by atoms with van der Waals surface area (Å²) in [6.45, 7) is 5.01. The highest BCUT2D eigenvalue weighted by Gasteiger charge is 2.20. The Kier molecular flexibility index (Phi) is 4.75. The average molecular weight is 212 g/mol. The molecule has 1 aliphatic heterocycles. The number of piperazine rings is 1. The molecule has 0 N–H and O–H groups in total. The highest BCUT2D eigenvalue weighted by atomic mass is 16.2. The lowest BCUT2D eigenvalue weighted by molar-refractivity contribution is -0.134. The summed E-state index contributed by atoms with van der Waals surface area (Å²) in [4.78, 5) is 26.3. The van der Waals surface area contributed by atoms with Gasteiger partial charge in [-0.15, -0.1) is 0 Å². The zero-order chi connectivity index (χ0) is 11.3. The molecule has 0 aliphatic carbocycles. The van der Waals surface area contributed by atoms with Crippen LogP contribution in [0.3, 0.4) is 0 Å². The van der Waals surface area contributed by atoms with Crippen molar-refractivity contribution in [3.8, 4) is 0 Å². The highest BCUT2D eigenvalue weighted by molar-refractivity contribution is 5.79. The van der Waals surface area contributed by atoms with E-state index in [0.29, 0.717) is 25.2 Å². The minimum absolute atomic E-state index is 0.183. The molecule has 1 fully saturated rings. The van der Waals surface area contributed by atoms with E-state index in [-0.39, 0.29) is 5.91 Å². The van der Waals surface area contributed by atoms with Crippen LogP contribution in [0.1, 0.15) is 26.2 Å².